The maximum atomic E-state index is 12.8. The summed E-state index contributed by atoms with van der Waals surface area (Å²) in [5.41, 5.74) is 0. The summed E-state index contributed by atoms with van der Waals surface area (Å²) in [4.78, 5) is 38.0. The van der Waals surface area contributed by atoms with Gasteiger partial charge in [0.25, 0.3) is 0 Å². The van der Waals surface area contributed by atoms with Crippen LogP contribution < -0.4 is 0 Å². The maximum absolute atomic E-state index is 12.8. The zero-order valence-electron chi connectivity index (χ0n) is 41.8. The molecule has 0 spiro atoms. The molecule has 61 heavy (non-hydrogen) atoms. The van der Waals surface area contributed by atoms with E-state index in [4.69, 9.17) is 14.2 Å². The number of rotatable bonds is 49. The van der Waals surface area contributed by atoms with Gasteiger partial charge in [-0.05, 0) is 31.1 Å². The van der Waals surface area contributed by atoms with Gasteiger partial charge >= 0.3 is 17.9 Å². The van der Waals surface area contributed by atoms with Crippen molar-refractivity contribution in [3.8, 4) is 0 Å². The molecule has 0 saturated heterocycles. The predicted molar refractivity (Wildman–Crippen MR) is 261 cm³/mol. The Morgan fingerprint density at radius 3 is 0.803 bits per heavy atom. The lowest BCUT2D eigenvalue weighted by molar-refractivity contribution is -0.167. The minimum atomic E-state index is -0.762. The average molecular weight is 863 g/mol. The molecule has 0 aromatic carbocycles. The van der Waals surface area contributed by atoms with Gasteiger partial charge in [0, 0.05) is 19.3 Å². The van der Waals surface area contributed by atoms with Crippen molar-refractivity contribution in [3.05, 3.63) is 0 Å². The van der Waals surface area contributed by atoms with Crippen molar-refractivity contribution in [1.82, 2.24) is 0 Å². The summed E-state index contributed by atoms with van der Waals surface area (Å²) in [6.45, 7) is 11.3. The van der Waals surface area contributed by atoms with Crippen molar-refractivity contribution in [2.75, 3.05) is 13.2 Å². The molecule has 0 radical (unpaired) electrons. The third kappa shape index (κ3) is 49.3. The van der Waals surface area contributed by atoms with Gasteiger partial charge in [0.15, 0.2) is 6.10 Å². The van der Waals surface area contributed by atoms with Gasteiger partial charge in [0.2, 0.25) is 0 Å². The topological polar surface area (TPSA) is 78.9 Å². The normalized spacial score (nSPS) is 12.0. The second-order valence-electron chi connectivity index (χ2n) is 19.8. The van der Waals surface area contributed by atoms with E-state index in [9.17, 15) is 14.4 Å². The van der Waals surface area contributed by atoms with E-state index >= 15 is 0 Å². The lowest BCUT2D eigenvalue weighted by Crippen LogP contribution is -2.30. The maximum Gasteiger partial charge on any atom is 0.306 e. The number of unbranched alkanes of at least 4 members (excludes halogenated alkanes) is 34. The van der Waals surface area contributed by atoms with Crippen LogP contribution in [-0.4, -0.2) is 37.2 Å². The molecule has 0 fully saturated rings. The number of hydrogen-bond acceptors (Lipinski definition) is 6. The Morgan fingerprint density at radius 1 is 0.311 bits per heavy atom. The van der Waals surface area contributed by atoms with Gasteiger partial charge in [0.05, 0.1) is 0 Å². The Bertz CT molecular complexity index is 931. The second-order valence-corrected chi connectivity index (χ2v) is 19.8. The van der Waals surface area contributed by atoms with Gasteiger partial charge < -0.3 is 14.2 Å². The molecule has 6 nitrogen and oxygen atoms in total. The third-order valence-electron chi connectivity index (χ3n) is 12.5. The molecule has 0 amide bonds. The first kappa shape index (κ1) is 59.4. The highest BCUT2D eigenvalue weighted by atomic mass is 16.6. The highest BCUT2D eigenvalue weighted by Crippen LogP contribution is 2.18. The van der Waals surface area contributed by atoms with E-state index in [0.717, 1.165) is 69.6 Å². The molecule has 0 aromatic rings. The van der Waals surface area contributed by atoms with E-state index in [1.807, 2.05) is 0 Å². The zero-order valence-corrected chi connectivity index (χ0v) is 41.8. The molecular weight excluding hydrogens is 757 g/mol. The Kier molecular flexibility index (Phi) is 46.6. The molecular formula is C55H106O6. The molecule has 0 unspecified atom stereocenters. The van der Waals surface area contributed by atoms with Crippen LogP contribution in [0, 0.1) is 11.8 Å². The van der Waals surface area contributed by atoms with E-state index in [1.165, 1.54) is 193 Å². The van der Waals surface area contributed by atoms with Gasteiger partial charge in [-0.3, -0.25) is 14.4 Å². The number of esters is 3. The summed E-state index contributed by atoms with van der Waals surface area (Å²) in [6.07, 6.45) is 49.6. The molecule has 1 atom stereocenters. The van der Waals surface area contributed by atoms with Crippen LogP contribution in [0.4, 0.5) is 0 Å². The Labute approximate surface area is 380 Å². The molecule has 0 bridgehead atoms. The summed E-state index contributed by atoms with van der Waals surface area (Å²) in [5.74, 6) is 0.772. The summed E-state index contributed by atoms with van der Waals surface area (Å²) in [6, 6.07) is 0. The molecule has 0 saturated carbocycles. The van der Waals surface area contributed by atoms with E-state index in [2.05, 4.69) is 34.6 Å². The van der Waals surface area contributed by atoms with Crippen LogP contribution in [0.3, 0.4) is 0 Å². The smallest absolute Gasteiger partial charge is 0.306 e. The van der Waals surface area contributed by atoms with E-state index in [1.54, 1.807) is 0 Å². The minimum Gasteiger partial charge on any atom is -0.462 e. The quantitative estimate of drug-likeness (QED) is 0.0344. The molecule has 0 aliphatic heterocycles. The SMILES string of the molecule is CCCCCCCCCCCCCCCCCCCC(=O)OC[C@@H](COC(=O)CCCCCCCCCC(C)C)OC(=O)CCCCCCCCCCCCCCCC(C)C. The number of ether oxygens (including phenoxy) is 3. The van der Waals surface area contributed by atoms with Gasteiger partial charge in [0.1, 0.15) is 13.2 Å². The third-order valence-corrected chi connectivity index (χ3v) is 12.5. The highest BCUT2D eigenvalue weighted by molar-refractivity contribution is 5.71. The van der Waals surface area contributed by atoms with Crippen molar-refractivity contribution in [3.63, 3.8) is 0 Å². The predicted octanol–water partition coefficient (Wildman–Crippen LogP) is 17.7. The molecule has 6 heteroatoms. The fraction of sp³-hybridized carbons (Fsp3) is 0.945. The summed E-state index contributed by atoms with van der Waals surface area (Å²) in [5, 5.41) is 0. The van der Waals surface area contributed by atoms with Crippen molar-refractivity contribution >= 4 is 17.9 Å². The van der Waals surface area contributed by atoms with Crippen LogP contribution in [0.2, 0.25) is 0 Å². The highest BCUT2D eigenvalue weighted by Gasteiger charge is 2.19. The van der Waals surface area contributed by atoms with Crippen LogP contribution in [0.15, 0.2) is 0 Å². The van der Waals surface area contributed by atoms with Gasteiger partial charge in [-0.2, -0.15) is 0 Å². The summed E-state index contributed by atoms with van der Waals surface area (Å²) < 4.78 is 16.8. The van der Waals surface area contributed by atoms with Gasteiger partial charge in [-0.15, -0.1) is 0 Å². The fourth-order valence-electron chi connectivity index (χ4n) is 8.34. The molecule has 0 aliphatic rings. The Morgan fingerprint density at radius 2 is 0.541 bits per heavy atom. The molecule has 362 valence electrons. The van der Waals surface area contributed by atoms with Gasteiger partial charge in [-0.25, -0.2) is 0 Å². The van der Waals surface area contributed by atoms with Crippen molar-refractivity contribution < 1.29 is 28.6 Å². The summed E-state index contributed by atoms with van der Waals surface area (Å²) in [7, 11) is 0. The monoisotopic (exact) mass is 863 g/mol. The van der Waals surface area contributed by atoms with E-state index in [-0.39, 0.29) is 31.1 Å². The lowest BCUT2D eigenvalue weighted by Gasteiger charge is -2.18. The minimum absolute atomic E-state index is 0.0637. The number of hydrogen-bond donors (Lipinski definition) is 0. The molecule has 0 rings (SSSR count). The number of carbonyl (C=O) groups excluding carboxylic acids is 3. The van der Waals surface area contributed by atoms with Crippen molar-refractivity contribution in [1.29, 1.82) is 0 Å². The Hall–Kier alpha value is -1.59. The van der Waals surface area contributed by atoms with E-state index in [0.29, 0.717) is 19.3 Å². The zero-order chi connectivity index (χ0) is 44.7. The van der Waals surface area contributed by atoms with Crippen LogP contribution in [0.5, 0.6) is 0 Å². The number of carbonyl (C=O) groups is 3. The van der Waals surface area contributed by atoms with Crippen LogP contribution in [0.25, 0.3) is 0 Å². The lowest BCUT2D eigenvalue weighted by atomic mass is 10.0. The average Bonchev–Trinajstić information content (AvgIpc) is 3.23. The fourth-order valence-corrected chi connectivity index (χ4v) is 8.34. The van der Waals surface area contributed by atoms with Crippen molar-refractivity contribution in [2.45, 2.75) is 310 Å². The molecule has 0 aromatic heterocycles. The van der Waals surface area contributed by atoms with Crippen LogP contribution in [-0.2, 0) is 28.6 Å². The second kappa shape index (κ2) is 47.9. The first-order chi connectivity index (χ1) is 29.7. The van der Waals surface area contributed by atoms with Crippen molar-refractivity contribution in [2.24, 2.45) is 11.8 Å². The van der Waals surface area contributed by atoms with E-state index < -0.39 is 6.10 Å². The first-order valence-electron chi connectivity index (χ1n) is 27.2. The molecule has 0 aliphatic carbocycles. The molecule has 0 N–H and O–H groups in total. The standard InChI is InChI=1S/C55H106O6/c1-6-7-8-9-10-11-12-13-14-15-16-19-22-25-30-35-40-45-53(56)59-48-52(49-60-54(57)46-41-36-32-27-29-34-39-44-51(4)5)61-55(58)47-42-37-31-26-23-20-17-18-21-24-28-33-38-43-50(2)3/h50-52H,6-49H2,1-5H3/t52-/m0/s1. The van der Waals surface area contributed by atoms with Crippen LogP contribution in [0.1, 0.15) is 304 Å². The largest absolute Gasteiger partial charge is 0.462 e. The molecule has 0 heterocycles. The Balaban J connectivity index is 4.26. The summed E-state index contributed by atoms with van der Waals surface area (Å²) >= 11 is 0. The van der Waals surface area contributed by atoms with Crippen LogP contribution >= 0.6 is 0 Å². The van der Waals surface area contributed by atoms with Gasteiger partial charge in [-0.1, -0.05) is 266 Å². The first-order valence-corrected chi connectivity index (χ1v) is 27.2.